The maximum absolute atomic E-state index is 12.6. The van der Waals surface area contributed by atoms with Crippen molar-refractivity contribution in [2.75, 3.05) is 20.3 Å². The highest BCUT2D eigenvalue weighted by Crippen LogP contribution is 2.38. The quantitative estimate of drug-likeness (QED) is 0.224. The molecule has 0 unspecified atom stereocenters. The van der Waals surface area contributed by atoms with Crippen LogP contribution in [-0.2, 0) is 14.3 Å². The number of thioether (sulfide) groups is 1. The lowest BCUT2D eigenvalue weighted by Gasteiger charge is -2.18. The van der Waals surface area contributed by atoms with Crippen LogP contribution in [0.1, 0.15) is 19.4 Å². The number of carbonyl (C=O) groups is 3. The van der Waals surface area contributed by atoms with Gasteiger partial charge in [0.05, 0.1) is 22.2 Å². The normalized spacial score (nSPS) is 16.3. The molecule has 1 saturated heterocycles. The topological polar surface area (TPSA) is 82.1 Å². The Labute approximate surface area is 181 Å². The van der Waals surface area contributed by atoms with Crippen LogP contribution in [0.3, 0.4) is 0 Å². The number of hydrogen-bond donors (Lipinski definition) is 0. The number of imide groups is 1. The largest absolute Gasteiger partial charge is 0.490 e. The molecule has 0 saturated carbocycles. The number of halogens is 1. The Bertz CT molecular complexity index is 838. The van der Waals surface area contributed by atoms with E-state index in [0.717, 1.165) is 20.2 Å². The lowest BCUT2D eigenvalue weighted by molar-refractivity contribution is -0.148. The zero-order chi connectivity index (χ0) is 20.8. The number of benzene rings is 1. The molecule has 0 bridgehead atoms. The fourth-order valence-corrected chi connectivity index (χ4v) is 4.15. The van der Waals surface area contributed by atoms with Crippen LogP contribution in [0.15, 0.2) is 29.7 Å². The number of carbonyl (C=O) groups excluding carboxylic acids is 3. The third kappa shape index (κ3) is 4.88. The minimum absolute atomic E-state index is 0.221. The van der Waals surface area contributed by atoms with E-state index >= 15 is 0 Å². The van der Waals surface area contributed by atoms with Crippen molar-refractivity contribution in [2.24, 2.45) is 0 Å². The van der Waals surface area contributed by atoms with Crippen LogP contribution in [0.25, 0.3) is 6.08 Å². The van der Waals surface area contributed by atoms with Gasteiger partial charge in [0.15, 0.2) is 11.5 Å². The molecule has 1 aromatic rings. The van der Waals surface area contributed by atoms with Gasteiger partial charge in [0.1, 0.15) is 12.6 Å². The number of nitrogens with zero attached hydrogens (tertiary/aromatic N) is 1. The predicted molar refractivity (Wildman–Crippen MR) is 115 cm³/mol. The molecule has 7 nitrogen and oxygen atoms in total. The minimum Gasteiger partial charge on any atom is -0.490 e. The molecule has 9 heteroatoms. The summed E-state index contributed by atoms with van der Waals surface area (Å²) < 4.78 is 16.7. The van der Waals surface area contributed by atoms with Crippen LogP contribution < -0.4 is 9.47 Å². The Morgan fingerprint density at radius 3 is 2.68 bits per heavy atom. The van der Waals surface area contributed by atoms with Gasteiger partial charge in [-0.3, -0.25) is 14.5 Å². The van der Waals surface area contributed by atoms with Crippen LogP contribution >= 0.6 is 34.4 Å². The van der Waals surface area contributed by atoms with Gasteiger partial charge in [-0.1, -0.05) is 12.7 Å². The summed E-state index contributed by atoms with van der Waals surface area (Å²) in [4.78, 5) is 37.7. The van der Waals surface area contributed by atoms with E-state index in [0.29, 0.717) is 30.3 Å². The lowest BCUT2D eigenvalue weighted by atomic mass is 10.1. The van der Waals surface area contributed by atoms with E-state index in [9.17, 15) is 14.4 Å². The smallest absolute Gasteiger partial charge is 0.328 e. The van der Waals surface area contributed by atoms with E-state index in [1.807, 2.05) is 13.0 Å². The van der Waals surface area contributed by atoms with Crippen LogP contribution in [0.2, 0.25) is 0 Å². The van der Waals surface area contributed by atoms with Crippen molar-refractivity contribution in [1.29, 1.82) is 0 Å². The lowest BCUT2D eigenvalue weighted by Crippen LogP contribution is -2.42. The SMILES string of the molecule is C=CCOc1c(I)cc(/C=C2/SC(=O)N([C@@H](C)C(=O)OC)C2=O)cc1OCC. The van der Waals surface area contributed by atoms with Crippen LogP contribution in [0.5, 0.6) is 11.5 Å². The van der Waals surface area contributed by atoms with Crippen molar-refractivity contribution in [3.05, 3.63) is 38.8 Å². The number of methoxy groups -OCH3 is 1. The first-order valence-corrected chi connectivity index (χ1v) is 10.3. The first-order chi connectivity index (χ1) is 13.3. The summed E-state index contributed by atoms with van der Waals surface area (Å²) in [5.74, 6) is -0.0649. The molecule has 1 aromatic carbocycles. The van der Waals surface area contributed by atoms with Gasteiger partial charge >= 0.3 is 5.97 Å². The monoisotopic (exact) mass is 517 g/mol. The first kappa shape index (κ1) is 22.3. The average Bonchev–Trinajstić information content (AvgIpc) is 2.93. The van der Waals surface area contributed by atoms with Gasteiger partial charge in [-0.15, -0.1) is 0 Å². The van der Waals surface area contributed by atoms with E-state index < -0.39 is 23.2 Å². The molecule has 2 amide bonds. The van der Waals surface area contributed by atoms with Gasteiger partial charge < -0.3 is 14.2 Å². The molecule has 2 rings (SSSR count). The maximum Gasteiger partial charge on any atom is 0.328 e. The fraction of sp³-hybridized carbons (Fsp3) is 0.316. The van der Waals surface area contributed by atoms with Gasteiger partial charge in [0, 0.05) is 0 Å². The van der Waals surface area contributed by atoms with Gasteiger partial charge in [0.25, 0.3) is 11.1 Å². The van der Waals surface area contributed by atoms with Crippen LogP contribution in [0, 0.1) is 3.57 Å². The third-order valence-electron chi connectivity index (χ3n) is 3.73. The van der Waals surface area contributed by atoms with Gasteiger partial charge in [0.2, 0.25) is 0 Å². The zero-order valence-corrected chi connectivity index (χ0v) is 18.7. The summed E-state index contributed by atoms with van der Waals surface area (Å²) >= 11 is 2.90. The number of esters is 1. The number of ether oxygens (including phenoxy) is 3. The van der Waals surface area contributed by atoms with Gasteiger partial charge in [-0.05, 0) is 72.0 Å². The molecule has 0 spiro atoms. The zero-order valence-electron chi connectivity index (χ0n) is 15.7. The highest BCUT2D eigenvalue weighted by Gasteiger charge is 2.41. The number of amides is 2. The molecule has 0 N–H and O–H groups in total. The molecule has 0 aliphatic carbocycles. The molecule has 1 atom stereocenters. The standard InChI is InChI=1S/C19H20INO6S/c1-5-7-27-16-13(20)8-12(9-14(16)26-6-2)10-15-17(22)21(19(24)28-15)11(3)18(23)25-4/h5,8-11H,1,6-7H2,2-4H3/b15-10+/t11-/m0/s1. The van der Waals surface area contributed by atoms with Gasteiger partial charge in [-0.25, -0.2) is 4.79 Å². The van der Waals surface area contributed by atoms with E-state index in [4.69, 9.17) is 9.47 Å². The van der Waals surface area contributed by atoms with E-state index in [2.05, 4.69) is 33.9 Å². The molecule has 28 heavy (non-hydrogen) atoms. The Morgan fingerprint density at radius 2 is 2.07 bits per heavy atom. The molecule has 0 radical (unpaired) electrons. The summed E-state index contributed by atoms with van der Waals surface area (Å²) in [5, 5.41) is -0.514. The van der Waals surface area contributed by atoms with Gasteiger partial charge in [-0.2, -0.15) is 0 Å². The van der Waals surface area contributed by atoms with Crippen LogP contribution in [-0.4, -0.2) is 48.4 Å². The second-order valence-corrected chi connectivity index (χ2v) is 7.77. The van der Waals surface area contributed by atoms with Crippen molar-refractivity contribution >= 4 is 57.5 Å². The van der Waals surface area contributed by atoms with Crippen molar-refractivity contribution < 1.29 is 28.6 Å². The van der Waals surface area contributed by atoms with Crippen molar-refractivity contribution in [1.82, 2.24) is 4.90 Å². The number of rotatable bonds is 8. The number of hydrogen-bond acceptors (Lipinski definition) is 7. The highest BCUT2D eigenvalue weighted by molar-refractivity contribution is 14.1. The molecule has 1 fully saturated rings. The summed E-state index contributed by atoms with van der Waals surface area (Å²) in [7, 11) is 1.21. The summed E-state index contributed by atoms with van der Waals surface area (Å²) in [6.45, 7) is 7.72. The van der Waals surface area contributed by atoms with E-state index in [1.54, 1.807) is 18.2 Å². The molecular formula is C19H20INO6S. The van der Waals surface area contributed by atoms with Crippen LogP contribution in [0.4, 0.5) is 4.79 Å². The highest BCUT2D eigenvalue weighted by atomic mass is 127. The Morgan fingerprint density at radius 1 is 1.36 bits per heavy atom. The molecule has 1 aliphatic rings. The van der Waals surface area contributed by atoms with E-state index in [1.165, 1.54) is 14.0 Å². The second-order valence-electron chi connectivity index (χ2n) is 5.61. The average molecular weight is 517 g/mol. The molecule has 1 aliphatic heterocycles. The minimum atomic E-state index is -0.989. The first-order valence-electron chi connectivity index (χ1n) is 8.38. The Hall–Kier alpha value is -2.01. The van der Waals surface area contributed by atoms with Crippen molar-refractivity contribution in [3.8, 4) is 11.5 Å². The molecule has 150 valence electrons. The summed E-state index contributed by atoms with van der Waals surface area (Å²) in [6, 6.07) is 2.57. The molecule has 0 aromatic heterocycles. The third-order valence-corrected chi connectivity index (χ3v) is 5.41. The van der Waals surface area contributed by atoms with Crippen molar-refractivity contribution in [2.45, 2.75) is 19.9 Å². The Balaban J connectivity index is 2.36. The molecular weight excluding hydrogens is 497 g/mol. The predicted octanol–water partition coefficient (Wildman–Crippen LogP) is 3.85. The summed E-state index contributed by atoms with van der Waals surface area (Å²) in [5.41, 5.74) is 0.676. The van der Waals surface area contributed by atoms with E-state index in [-0.39, 0.29) is 4.91 Å². The fourth-order valence-electron chi connectivity index (χ4n) is 2.46. The second kappa shape index (κ2) is 9.97. The summed E-state index contributed by atoms with van der Waals surface area (Å²) in [6.07, 6.45) is 3.23. The maximum atomic E-state index is 12.6. The Kier molecular flexibility index (Phi) is 7.93. The molecule has 1 heterocycles. The van der Waals surface area contributed by atoms with Crippen molar-refractivity contribution in [3.63, 3.8) is 0 Å².